The van der Waals surface area contributed by atoms with E-state index in [1.165, 1.54) is 0 Å². The van der Waals surface area contributed by atoms with Crippen molar-refractivity contribution in [3.05, 3.63) is 46.7 Å². The average molecular weight is 403 g/mol. The zero-order valence-electron chi connectivity index (χ0n) is 15.0. The lowest BCUT2D eigenvalue weighted by Gasteiger charge is -2.19. The highest BCUT2D eigenvalue weighted by Crippen LogP contribution is 2.35. The maximum atomic E-state index is 10.2. The largest absolute Gasteiger partial charge is 0.396 e. The van der Waals surface area contributed by atoms with Gasteiger partial charge in [-0.1, -0.05) is 23.7 Å². The van der Waals surface area contributed by atoms with Gasteiger partial charge < -0.3 is 20.6 Å². The zero-order valence-corrected chi connectivity index (χ0v) is 15.7. The molecule has 3 rings (SSSR count). The first-order valence-electron chi connectivity index (χ1n) is 8.60. The number of nitrogens with one attached hydrogen (secondary N) is 1. The van der Waals surface area contributed by atoms with Gasteiger partial charge in [0, 0.05) is 12.5 Å². The second-order valence-corrected chi connectivity index (χ2v) is 6.86. The summed E-state index contributed by atoms with van der Waals surface area (Å²) in [6.07, 6.45) is -1.77. The zero-order chi connectivity index (χ0) is 20.3. The Bertz CT molecular complexity index is 932. The molecule has 10 heteroatoms. The van der Waals surface area contributed by atoms with Crippen LogP contribution in [-0.4, -0.2) is 50.1 Å². The molecule has 1 aliphatic carbocycles. The fourth-order valence-corrected chi connectivity index (χ4v) is 3.33. The van der Waals surface area contributed by atoms with Crippen molar-refractivity contribution in [3.63, 3.8) is 0 Å². The smallest absolute Gasteiger partial charge is 0.189 e. The van der Waals surface area contributed by atoms with Crippen molar-refractivity contribution in [3.8, 4) is 0 Å². The molecule has 0 spiro atoms. The number of aromatic nitrogens is 2. The second-order valence-electron chi connectivity index (χ2n) is 6.50. The van der Waals surface area contributed by atoms with Crippen LogP contribution in [0.3, 0.4) is 0 Å². The van der Waals surface area contributed by atoms with Crippen molar-refractivity contribution in [2.24, 2.45) is 16.1 Å². The van der Waals surface area contributed by atoms with Crippen LogP contribution < -0.4 is 5.32 Å². The number of aryl methyl sites for hydroxylation is 1. The Kier molecular flexibility index (Phi) is 6.16. The lowest BCUT2D eigenvalue weighted by Crippen LogP contribution is -2.35. The Morgan fingerprint density at radius 2 is 2.07 bits per heavy atom. The molecular formula is C18H19ClN6O3. The number of anilines is 1. The topological polar surface area (TPSA) is 128 Å². The highest BCUT2D eigenvalue weighted by Gasteiger charge is 2.41. The lowest BCUT2D eigenvalue weighted by atomic mass is 10.1. The van der Waals surface area contributed by atoms with Gasteiger partial charge in [-0.15, -0.1) is 5.11 Å². The minimum absolute atomic E-state index is 0.0758. The van der Waals surface area contributed by atoms with Crippen molar-refractivity contribution in [1.82, 2.24) is 9.97 Å². The molecule has 2 aromatic rings. The van der Waals surface area contributed by atoms with Gasteiger partial charge >= 0.3 is 0 Å². The third-order valence-corrected chi connectivity index (χ3v) is 4.80. The summed E-state index contributed by atoms with van der Waals surface area (Å²) in [6.45, 7) is 8.49. The molecule has 0 radical (unpaired) electrons. The first kappa shape index (κ1) is 20.1. The maximum absolute atomic E-state index is 10.2. The third-order valence-electron chi connectivity index (χ3n) is 4.54. The highest BCUT2D eigenvalue weighted by atomic mass is 35.5. The summed E-state index contributed by atoms with van der Waals surface area (Å²) in [5, 5.41) is 40.9. The van der Waals surface area contributed by atoms with Crippen LogP contribution >= 0.6 is 11.6 Å². The Morgan fingerprint density at radius 3 is 2.75 bits per heavy atom. The Hall–Kier alpha value is -2.64. The fraction of sp³-hybridized carbons (Fsp3) is 0.389. The third kappa shape index (κ3) is 4.26. The quantitative estimate of drug-likeness (QED) is 0.346. The van der Waals surface area contributed by atoms with Gasteiger partial charge in [0.15, 0.2) is 22.3 Å². The number of rotatable bonds is 5. The Morgan fingerprint density at radius 1 is 1.29 bits per heavy atom. The van der Waals surface area contributed by atoms with Gasteiger partial charge in [0.1, 0.15) is 11.9 Å². The summed E-state index contributed by atoms with van der Waals surface area (Å²) >= 11 is 6.22. The van der Waals surface area contributed by atoms with E-state index in [2.05, 4.69) is 30.4 Å². The van der Waals surface area contributed by atoms with E-state index in [1.807, 2.05) is 0 Å². The number of hydrogen-bond donors (Lipinski definition) is 4. The first-order valence-corrected chi connectivity index (χ1v) is 8.97. The second kappa shape index (κ2) is 8.58. The van der Waals surface area contributed by atoms with E-state index in [-0.39, 0.29) is 23.3 Å². The van der Waals surface area contributed by atoms with E-state index < -0.39 is 24.2 Å². The summed E-state index contributed by atoms with van der Waals surface area (Å²) in [5.41, 5.74) is 1.07. The number of aliphatic hydroxyl groups is 3. The SMILES string of the molecule is [C-]#[N+]c1cccc(N=Nc2c(Cl)nc(C)nc2N[C@@H]2C[C@H](CO)[C@@H](O)[C@H]2O)c1. The minimum atomic E-state index is -1.08. The van der Waals surface area contributed by atoms with Crippen LogP contribution in [0.2, 0.25) is 5.15 Å². The highest BCUT2D eigenvalue weighted by molar-refractivity contribution is 6.32. The Labute approximate surface area is 166 Å². The number of benzene rings is 1. The van der Waals surface area contributed by atoms with Crippen LogP contribution in [0.4, 0.5) is 22.9 Å². The molecule has 1 aromatic carbocycles. The van der Waals surface area contributed by atoms with Crippen molar-refractivity contribution in [2.75, 3.05) is 11.9 Å². The van der Waals surface area contributed by atoms with Crippen LogP contribution in [0.1, 0.15) is 12.2 Å². The standard InChI is InChI=1S/C18H19ClN6O3/c1-9-21-17(19)14(25-24-12-5-3-4-11(7-12)20-2)18(22-9)23-13-6-10(8-26)15(27)16(13)28/h3-5,7,10,13,15-16,26-28H,6,8H2,1H3,(H,21,22,23)/t10-,13-,15-,16+/m1/s1. The molecule has 0 bridgehead atoms. The summed E-state index contributed by atoms with van der Waals surface area (Å²) in [7, 11) is 0. The van der Waals surface area contributed by atoms with E-state index in [0.29, 0.717) is 23.6 Å². The minimum Gasteiger partial charge on any atom is -0.396 e. The molecule has 4 atom stereocenters. The van der Waals surface area contributed by atoms with E-state index in [1.54, 1.807) is 31.2 Å². The molecule has 0 saturated heterocycles. The molecule has 1 heterocycles. The van der Waals surface area contributed by atoms with Crippen LogP contribution in [0, 0.1) is 19.4 Å². The van der Waals surface area contributed by atoms with Gasteiger partial charge in [0.05, 0.1) is 24.4 Å². The molecule has 1 aliphatic rings. The number of halogens is 1. The van der Waals surface area contributed by atoms with Crippen LogP contribution in [0.15, 0.2) is 34.5 Å². The predicted octanol–water partition coefficient (Wildman–Crippen LogP) is 2.92. The molecule has 9 nitrogen and oxygen atoms in total. The normalized spacial score (nSPS) is 24.4. The predicted molar refractivity (Wildman–Crippen MR) is 103 cm³/mol. The van der Waals surface area contributed by atoms with Crippen LogP contribution in [0.25, 0.3) is 4.85 Å². The van der Waals surface area contributed by atoms with Gasteiger partial charge in [-0.3, -0.25) is 0 Å². The number of aliphatic hydroxyl groups excluding tert-OH is 3. The first-order chi connectivity index (χ1) is 13.4. The van der Waals surface area contributed by atoms with E-state index in [4.69, 9.17) is 18.2 Å². The molecule has 0 aliphatic heterocycles. The van der Waals surface area contributed by atoms with Crippen molar-refractivity contribution >= 4 is 34.5 Å². The number of nitrogens with zero attached hydrogens (tertiary/aromatic N) is 5. The summed E-state index contributed by atoms with van der Waals surface area (Å²) < 4.78 is 0. The molecule has 4 N–H and O–H groups in total. The number of hydrogen-bond acceptors (Lipinski definition) is 8. The number of azo groups is 1. The van der Waals surface area contributed by atoms with Crippen molar-refractivity contribution < 1.29 is 15.3 Å². The van der Waals surface area contributed by atoms with Gasteiger partial charge in [0.25, 0.3) is 0 Å². The maximum Gasteiger partial charge on any atom is 0.189 e. The van der Waals surface area contributed by atoms with Crippen LogP contribution in [0.5, 0.6) is 0 Å². The molecule has 0 amide bonds. The van der Waals surface area contributed by atoms with Gasteiger partial charge in [-0.25, -0.2) is 14.8 Å². The van der Waals surface area contributed by atoms with Crippen LogP contribution in [-0.2, 0) is 0 Å². The summed E-state index contributed by atoms with van der Waals surface area (Å²) in [5.74, 6) is 0.220. The average Bonchev–Trinajstić information content (AvgIpc) is 2.95. The summed E-state index contributed by atoms with van der Waals surface area (Å²) in [4.78, 5) is 11.7. The lowest BCUT2D eigenvalue weighted by molar-refractivity contribution is 0.00446. The monoisotopic (exact) mass is 402 g/mol. The molecule has 146 valence electrons. The van der Waals surface area contributed by atoms with Gasteiger partial charge in [0.2, 0.25) is 0 Å². The van der Waals surface area contributed by atoms with Gasteiger partial charge in [-0.05, 0) is 25.5 Å². The van der Waals surface area contributed by atoms with Crippen molar-refractivity contribution in [2.45, 2.75) is 31.6 Å². The molecular weight excluding hydrogens is 384 g/mol. The molecule has 1 fully saturated rings. The van der Waals surface area contributed by atoms with E-state index in [9.17, 15) is 15.3 Å². The van der Waals surface area contributed by atoms with Gasteiger partial charge in [-0.2, -0.15) is 5.11 Å². The fourth-order valence-electron chi connectivity index (χ4n) is 3.08. The Balaban J connectivity index is 1.90. The van der Waals surface area contributed by atoms with E-state index in [0.717, 1.165) is 0 Å². The molecule has 1 aromatic heterocycles. The molecule has 0 unspecified atom stereocenters. The molecule has 1 saturated carbocycles. The van der Waals surface area contributed by atoms with Crippen molar-refractivity contribution in [1.29, 1.82) is 0 Å². The van der Waals surface area contributed by atoms with E-state index >= 15 is 0 Å². The summed E-state index contributed by atoms with van der Waals surface area (Å²) in [6, 6.07) is 6.08. The molecule has 28 heavy (non-hydrogen) atoms.